The van der Waals surface area contributed by atoms with Crippen LogP contribution in [0.25, 0.3) is 0 Å². The lowest BCUT2D eigenvalue weighted by Crippen LogP contribution is -2.01. The number of hydrogen-bond donors (Lipinski definition) is 1. The zero-order chi connectivity index (χ0) is 18.9. The Morgan fingerprint density at radius 3 is 2.46 bits per heavy atom. The van der Waals surface area contributed by atoms with E-state index in [4.69, 9.17) is 4.74 Å². The van der Waals surface area contributed by atoms with E-state index in [0.29, 0.717) is 6.61 Å². The number of unbranched alkanes of at least 4 members (excludes halogenated alkanes) is 5. The van der Waals surface area contributed by atoms with Crippen molar-refractivity contribution < 1.29 is 9.84 Å². The lowest BCUT2D eigenvalue weighted by atomic mass is 10.00. The second-order valence-electron chi connectivity index (χ2n) is 6.49. The van der Waals surface area contributed by atoms with E-state index in [1.807, 2.05) is 25.1 Å². The number of ether oxygens (including phenoxy) is 1. The smallest absolute Gasteiger partial charge is 0.125 e. The van der Waals surface area contributed by atoms with Crippen LogP contribution in [0, 0.1) is 0 Å². The van der Waals surface area contributed by atoms with Gasteiger partial charge in [0.15, 0.2) is 0 Å². The van der Waals surface area contributed by atoms with E-state index < -0.39 is 0 Å². The Bertz CT molecular complexity index is 543. The van der Waals surface area contributed by atoms with Crippen LogP contribution in [-0.4, -0.2) is 11.7 Å². The van der Waals surface area contributed by atoms with E-state index in [1.165, 1.54) is 44.1 Å². The van der Waals surface area contributed by atoms with Crippen LogP contribution >= 0.6 is 0 Å². The lowest BCUT2D eigenvalue weighted by Gasteiger charge is -2.13. The number of aryl methyl sites for hydroxylation is 1. The minimum Gasteiger partial charge on any atom is -0.493 e. The van der Waals surface area contributed by atoms with E-state index in [9.17, 15) is 5.11 Å². The standard InChI is InChI=1S/C24H36O2/c1-3-5-6-7-8-9-10-11-12-13-14-15-16-18-22-19-17-20-24(26-4-2)23(22)21-25/h3,6-7,9-10,17,19-20,25H,1,4-5,8,11-16,18,21H2,2H3/b7-6-,10-9-. The van der Waals surface area contributed by atoms with Gasteiger partial charge >= 0.3 is 0 Å². The highest BCUT2D eigenvalue weighted by Crippen LogP contribution is 2.24. The Morgan fingerprint density at radius 2 is 1.69 bits per heavy atom. The van der Waals surface area contributed by atoms with Crippen molar-refractivity contribution in [3.05, 3.63) is 66.3 Å². The first-order chi connectivity index (χ1) is 12.8. The molecule has 0 bridgehead atoms. The minimum absolute atomic E-state index is 0.0562. The Morgan fingerprint density at radius 1 is 0.962 bits per heavy atom. The molecule has 1 N–H and O–H groups in total. The summed E-state index contributed by atoms with van der Waals surface area (Å²) in [6.45, 7) is 6.37. The summed E-state index contributed by atoms with van der Waals surface area (Å²) in [5, 5.41) is 9.63. The van der Waals surface area contributed by atoms with Crippen LogP contribution in [-0.2, 0) is 13.0 Å². The number of benzene rings is 1. The summed E-state index contributed by atoms with van der Waals surface area (Å²) in [4.78, 5) is 0. The third-order valence-electron chi connectivity index (χ3n) is 4.41. The minimum atomic E-state index is 0.0562. The lowest BCUT2D eigenvalue weighted by molar-refractivity contribution is 0.265. The Balaban J connectivity index is 2.13. The normalized spacial score (nSPS) is 11.5. The molecule has 0 unspecified atom stereocenters. The first-order valence-electron chi connectivity index (χ1n) is 10.1. The second-order valence-corrected chi connectivity index (χ2v) is 6.49. The highest BCUT2D eigenvalue weighted by atomic mass is 16.5. The molecule has 0 saturated heterocycles. The Labute approximate surface area is 160 Å². The van der Waals surface area contributed by atoms with E-state index in [1.54, 1.807) is 0 Å². The largest absolute Gasteiger partial charge is 0.493 e. The molecule has 0 amide bonds. The van der Waals surface area contributed by atoms with Crippen molar-refractivity contribution in [2.45, 2.75) is 71.3 Å². The highest BCUT2D eigenvalue weighted by molar-refractivity contribution is 5.40. The van der Waals surface area contributed by atoms with Crippen LogP contribution in [0.5, 0.6) is 5.75 Å². The molecular weight excluding hydrogens is 320 g/mol. The molecule has 0 aliphatic carbocycles. The van der Waals surface area contributed by atoms with Gasteiger partial charge in [0.2, 0.25) is 0 Å². The molecule has 0 spiro atoms. The molecule has 0 aliphatic rings. The maximum atomic E-state index is 9.63. The number of aliphatic hydroxyl groups excluding tert-OH is 1. The summed E-state index contributed by atoms with van der Waals surface area (Å²) in [5.41, 5.74) is 2.19. The zero-order valence-electron chi connectivity index (χ0n) is 16.5. The van der Waals surface area contributed by atoms with Crippen LogP contribution in [0.1, 0.15) is 69.4 Å². The molecule has 1 aromatic carbocycles. The molecule has 144 valence electrons. The van der Waals surface area contributed by atoms with E-state index in [-0.39, 0.29) is 6.61 Å². The van der Waals surface area contributed by atoms with Gasteiger partial charge in [-0.2, -0.15) is 0 Å². The average molecular weight is 357 g/mol. The predicted octanol–water partition coefficient (Wildman–Crippen LogP) is 6.54. The van der Waals surface area contributed by atoms with Crippen molar-refractivity contribution in [3.63, 3.8) is 0 Å². The van der Waals surface area contributed by atoms with Gasteiger partial charge in [0.05, 0.1) is 13.2 Å². The fourth-order valence-corrected chi connectivity index (χ4v) is 3.00. The van der Waals surface area contributed by atoms with Gasteiger partial charge in [0.25, 0.3) is 0 Å². The van der Waals surface area contributed by atoms with Gasteiger partial charge in [-0.3, -0.25) is 0 Å². The summed E-state index contributed by atoms with van der Waals surface area (Å²) in [6.07, 6.45) is 21.3. The maximum absolute atomic E-state index is 9.63. The molecule has 0 fully saturated rings. The SMILES string of the molecule is C=CC/C=C\C/C=C\CCCCCCCc1cccc(OCC)c1CO. The van der Waals surface area contributed by atoms with Gasteiger partial charge in [-0.15, -0.1) is 6.58 Å². The van der Waals surface area contributed by atoms with E-state index in [0.717, 1.165) is 30.6 Å². The quantitative estimate of drug-likeness (QED) is 0.285. The van der Waals surface area contributed by atoms with E-state index >= 15 is 0 Å². The second kappa shape index (κ2) is 15.5. The van der Waals surface area contributed by atoms with Crippen molar-refractivity contribution in [1.82, 2.24) is 0 Å². The van der Waals surface area contributed by atoms with Crippen LogP contribution in [0.15, 0.2) is 55.2 Å². The van der Waals surface area contributed by atoms with E-state index in [2.05, 4.69) is 36.9 Å². The number of allylic oxidation sites excluding steroid dienone is 5. The fraction of sp³-hybridized carbons (Fsp3) is 0.500. The first-order valence-corrected chi connectivity index (χ1v) is 10.1. The average Bonchev–Trinajstić information content (AvgIpc) is 2.66. The predicted molar refractivity (Wildman–Crippen MR) is 113 cm³/mol. The topological polar surface area (TPSA) is 29.5 Å². The monoisotopic (exact) mass is 356 g/mol. The molecular formula is C24H36O2. The third kappa shape index (κ3) is 9.62. The molecule has 0 saturated carbocycles. The molecule has 26 heavy (non-hydrogen) atoms. The van der Waals surface area contributed by atoms with Crippen molar-refractivity contribution >= 4 is 0 Å². The number of hydrogen-bond acceptors (Lipinski definition) is 2. The Kier molecular flexibility index (Phi) is 13.2. The first kappa shape index (κ1) is 22.2. The van der Waals surface area contributed by atoms with Gasteiger partial charge in [-0.25, -0.2) is 0 Å². The molecule has 2 heteroatoms. The number of rotatable bonds is 15. The van der Waals surface area contributed by atoms with Crippen molar-refractivity contribution in [3.8, 4) is 5.75 Å². The molecule has 0 atom stereocenters. The van der Waals surface area contributed by atoms with Gasteiger partial charge in [-0.05, 0) is 57.1 Å². The molecule has 2 nitrogen and oxygen atoms in total. The third-order valence-corrected chi connectivity index (χ3v) is 4.41. The van der Waals surface area contributed by atoms with Crippen LogP contribution in [0.3, 0.4) is 0 Å². The molecule has 0 radical (unpaired) electrons. The van der Waals surface area contributed by atoms with Crippen LogP contribution in [0.4, 0.5) is 0 Å². The van der Waals surface area contributed by atoms with Crippen LogP contribution < -0.4 is 4.74 Å². The fourth-order valence-electron chi connectivity index (χ4n) is 3.00. The highest BCUT2D eigenvalue weighted by Gasteiger charge is 2.08. The summed E-state index contributed by atoms with van der Waals surface area (Å²) in [7, 11) is 0. The van der Waals surface area contributed by atoms with Crippen molar-refractivity contribution in [2.24, 2.45) is 0 Å². The van der Waals surface area contributed by atoms with Gasteiger partial charge < -0.3 is 9.84 Å². The van der Waals surface area contributed by atoms with Gasteiger partial charge in [0.1, 0.15) is 5.75 Å². The summed E-state index contributed by atoms with van der Waals surface area (Å²) in [6, 6.07) is 6.09. The van der Waals surface area contributed by atoms with Crippen LogP contribution in [0.2, 0.25) is 0 Å². The summed E-state index contributed by atoms with van der Waals surface area (Å²) >= 11 is 0. The van der Waals surface area contributed by atoms with Gasteiger partial charge in [-0.1, -0.05) is 61.8 Å². The summed E-state index contributed by atoms with van der Waals surface area (Å²) < 4.78 is 5.61. The molecule has 0 aromatic heterocycles. The maximum Gasteiger partial charge on any atom is 0.125 e. The molecule has 1 aromatic rings. The molecule has 0 aliphatic heterocycles. The number of aliphatic hydroxyl groups is 1. The summed E-state index contributed by atoms with van der Waals surface area (Å²) in [5.74, 6) is 0.832. The Hall–Kier alpha value is -1.80. The molecule has 1 rings (SSSR count). The van der Waals surface area contributed by atoms with Crippen molar-refractivity contribution in [1.29, 1.82) is 0 Å². The molecule has 0 heterocycles. The van der Waals surface area contributed by atoms with Gasteiger partial charge in [0, 0.05) is 5.56 Å². The van der Waals surface area contributed by atoms with Crippen molar-refractivity contribution in [2.75, 3.05) is 6.61 Å². The zero-order valence-corrected chi connectivity index (χ0v) is 16.5.